The van der Waals surface area contributed by atoms with Gasteiger partial charge in [-0.25, -0.2) is 4.79 Å². The normalized spacial score (nSPS) is 16.6. The van der Waals surface area contributed by atoms with Gasteiger partial charge in [-0.2, -0.15) is 0 Å². The average molecular weight is 570 g/mol. The monoisotopic (exact) mass is 569 g/mol. The highest BCUT2D eigenvalue weighted by Crippen LogP contribution is 2.44. The molecule has 0 spiro atoms. The number of likely N-dealkylation sites (N-methyl/N-ethyl adjacent to an activating group) is 1. The van der Waals surface area contributed by atoms with Gasteiger partial charge in [0.2, 0.25) is 5.91 Å². The van der Waals surface area contributed by atoms with Crippen molar-refractivity contribution < 1.29 is 24.2 Å². The van der Waals surface area contributed by atoms with Crippen LogP contribution in [0, 0.1) is 5.92 Å². The number of carboxylic acids is 1. The largest absolute Gasteiger partial charge is 0.481 e. The second kappa shape index (κ2) is 12.8. The molecule has 0 aromatic heterocycles. The molecule has 1 fully saturated rings. The fraction of sp³-hybridized carbons (Fsp3) is 0.382. The Morgan fingerprint density at radius 3 is 2.10 bits per heavy atom. The van der Waals surface area contributed by atoms with E-state index < -0.39 is 23.5 Å². The minimum absolute atomic E-state index is 0.0759. The molecule has 0 radical (unpaired) electrons. The number of aliphatic carboxylic acids is 1. The van der Waals surface area contributed by atoms with Gasteiger partial charge in [-0.15, -0.1) is 0 Å². The summed E-state index contributed by atoms with van der Waals surface area (Å²) in [6.45, 7) is 5.96. The zero-order valence-corrected chi connectivity index (χ0v) is 24.3. The van der Waals surface area contributed by atoms with Gasteiger partial charge in [-0.05, 0) is 47.6 Å². The van der Waals surface area contributed by atoms with Gasteiger partial charge in [0.15, 0.2) is 0 Å². The number of nitrogens with one attached hydrogen (secondary N) is 1. The first-order valence-electron chi connectivity index (χ1n) is 14.7. The second-order valence-electron chi connectivity index (χ2n) is 11.4. The maximum Gasteiger partial charge on any atom is 0.408 e. The first-order valence-corrected chi connectivity index (χ1v) is 14.7. The number of carboxylic acid groups (broad SMARTS) is 1. The van der Waals surface area contributed by atoms with E-state index in [2.05, 4.69) is 46.6 Å². The molecule has 220 valence electrons. The molecule has 1 aliphatic carbocycles. The number of ether oxygens (including phenoxy) is 1. The highest BCUT2D eigenvalue weighted by Gasteiger charge is 2.45. The van der Waals surface area contributed by atoms with E-state index in [1.807, 2.05) is 49.4 Å². The molecule has 1 atom stereocenters. The lowest BCUT2D eigenvalue weighted by Gasteiger charge is -2.43. The summed E-state index contributed by atoms with van der Waals surface area (Å²) in [5.41, 5.74) is 4.53. The molecule has 2 amide bonds. The Morgan fingerprint density at radius 2 is 1.52 bits per heavy atom. The fourth-order valence-electron chi connectivity index (χ4n) is 6.22. The summed E-state index contributed by atoms with van der Waals surface area (Å²) < 4.78 is 5.84. The zero-order valence-electron chi connectivity index (χ0n) is 24.3. The molecule has 42 heavy (non-hydrogen) atoms. The van der Waals surface area contributed by atoms with Crippen LogP contribution in [0.3, 0.4) is 0 Å². The van der Waals surface area contributed by atoms with Gasteiger partial charge in [-0.3, -0.25) is 14.5 Å². The number of hydrogen-bond acceptors (Lipinski definition) is 5. The van der Waals surface area contributed by atoms with E-state index in [1.54, 1.807) is 11.8 Å². The van der Waals surface area contributed by atoms with Crippen molar-refractivity contribution in [3.63, 3.8) is 0 Å². The highest BCUT2D eigenvalue weighted by atomic mass is 16.5. The molecule has 2 aliphatic rings. The first-order chi connectivity index (χ1) is 20.3. The third-order valence-electron chi connectivity index (χ3n) is 8.64. The number of alkyl carbamates (subject to hydrolysis) is 1. The molecule has 8 nitrogen and oxygen atoms in total. The number of benzene rings is 3. The maximum absolute atomic E-state index is 14.0. The number of fused-ring (bicyclic) bond motifs is 3. The molecule has 0 saturated carbocycles. The number of carbonyl (C=O) groups is 3. The predicted molar refractivity (Wildman–Crippen MR) is 161 cm³/mol. The molecule has 1 unspecified atom stereocenters. The molecule has 1 heterocycles. The minimum atomic E-state index is -1.18. The highest BCUT2D eigenvalue weighted by molar-refractivity contribution is 5.90. The van der Waals surface area contributed by atoms with Crippen LogP contribution in [-0.2, 0) is 20.9 Å². The van der Waals surface area contributed by atoms with Crippen LogP contribution >= 0.6 is 0 Å². The van der Waals surface area contributed by atoms with Crippen molar-refractivity contribution in [2.24, 2.45) is 5.92 Å². The number of carbonyl (C=O) groups excluding carboxylic acids is 2. The molecule has 1 saturated heterocycles. The van der Waals surface area contributed by atoms with Crippen molar-refractivity contribution in [1.82, 2.24) is 15.1 Å². The Balaban J connectivity index is 1.31. The van der Waals surface area contributed by atoms with E-state index in [-0.39, 0.29) is 25.0 Å². The number of piperidine rings is 1. The number of likely N-dealkylation sites (tertiary alicyclic amines) is 1. The number of hydrogen-bond donors (Lipinski definition) is 2. The Kier molecular flexibility index (Phi) is 8.92. The van der Waals surface area contributed by atoms with Crippen LogP contribution < -0.4 is 5.32 Å². The van der Waals surface area contributed by atoms with Crippen molar-refractivity contribution in [1.29, 1.82) is 0 Å². The van der Waals surface area contributed by atoms with E-state index in [9.17, 15) is 19.5 Å². The Hall–Kier alpha value is -4.17. The van der Waals surface area contributed by atoms with Crippen molar-refractivity contribution in [2.75, 3.05) is 32.8 Å². The first kappa shape index (κ1) is 29.3. The lowest BCUT2D eigenvalue weighted by Crippen LogP contribution is -2.64. The van der Waals surface area contributed by atoms with Gasteiger partial charge in [0, 0.05) is 38.6 Å². The Labute approximate surface area is 247 Å². The maximum atomic E-state index is 14.0. The minimum Gasteiger partial charge on any atom is -0.481 e. The second-order valence-corrected chi connectivity index (χ2v) is 11.4. The number of amides is 2. The summed E-state index contributed by atoms with van der Waals surface area (Å²) in [4.78, 5) is 42.8. The third-order valence-corrected chi connectivity index (χ3v) is 8.64. The lowest BCUT2D eigenvalue weighted by atomic mass is 9.85. The van der Waals surface area contributed by atoms with Crippen LogP contribution in [0.25, 0.3) is 11.1 Å². The Morgan fingerprint density at radius 1 is 0.952 bits per heavy atom. The topological polar surface area (TPSA) is 99.2 Å². The average Bonchev–Trinajstić information content (AvgIpc) is 3.33. The number of rotatable bonds is 10. The summed E-state index contributed by atoms with van der Waals surface area (Å²) in [5, 5.41) is 12.5. The summed E-state index contributed by atoms with van der Waals surface area (Å²) >= 11 is 0. The van der Waals surface area contributed by atoms with Gasteiger partial charge in [0.25, 0.3) is 0 Å². The molecule has 1 aliphatic heterocycles. The summed E-state index contributed by atoms with van der Waals surface area (Å²) in [6, 6.07) is 26.5. The van der Waals surface area contributed by atoms with Crippen LogP contribution in [-0.4, -0.2) is 71.2 Å². The zero-order chi connectivity index (χ0) is 29.7. The molecule has 8 heteroatoms. The predicted octanol–water partition coefficient (Wildman–Crippen LogP) is 5.13. The van der Waals surface area contributed by atoms with Crippen molar-refractivity contribution >= 4 is 18.0 Å². The summed E-state index contributed by atoms with van der Waals surface area (Å²) in [6.07, 6.45) is 0.172. The van der Waals surface area contributed by atoms with E-state index in [4.69, 9.17) is 4.74 Å². The smallest absolute Gasteiger partial charge is 0.408 e. The molecular formula is C34H39N3O5. The molecule has 2 N–H and O–H groups in total. The van der Waals surface area contributed by atoms with Gasteiger partial charge in [0.1, 0.15) is 12.1 Å². The van der Waals surface area contributed by atoms with Gasteiger partial charge < -0.3 is 20.1 Å². The van der Waals surface area contributed by atoms with E-state index in [0.29, 0.717) is 32.5 Å². The fourth-order valence-corrected chi connectivity index (χ4v) is 6.22. The Bertz CT molecular complexity index is 1370. The standard InChI is InChI=1S/C34H39N3O5/c1-3-37(21-24(2)31(38)39)32(40)34(17-19-36(20-18-34)22-25-11-5-4-6-12-25)35-33(41)42-23-30-28-15-9-7-13-26(28)27-14-8-10-16-29(27)30/h4-16,24,30H,3,17-23H2,1-2H3,(H,35,41)(H,38,39). The molecule has 3 aromatic carbocycles. The van der Waals surface area contributed by atoms with Crippen molar-refractivity contribution in [3.05, 3.63) is 95.6 Å². The van der Waals surface area contributed by atoms with Gasteiger partial charge in [0.05, 0.1) is 5.92 Å². The van der Waals surface area contributed by atoms with E-state index >= 15 is 0 Å². The quantitative estimate of drug-likeness (QED) is 0.351. The van der Waals surface area contributed by atoms with Crippen molar-refractivity contribution in [3.8, 4) is 11.1 Å². The third kappa shape index (κ3) is 6.19. The number of nitrogens with zero attached hydrogens (tertiary/aromatic N) is 2. The SMILES string of the molecule is CCN(CC(C)C(=O)O)C(=O)C1(NC(=O)OCC2c3ccccc3-c3ccccc32)CCN(Cc2ccccc2)CC1. The van der Waals surface area contributed by atoms with Crippen LogP contribution in [0.2, 0.25) is 0 Å². The van der Waals surface area contributed by atoms with Gasteiger partial charge >= 0.3 is 12.1 Å². The van der Waals surface area contributed by atoms with Gasteiger partial charge in [-0.1, -0.05) is 85.8 Å². The van der Waals surface area contributed by atoms with Crippen LogP contribution in [0.1, 0.15) is 49.3 Å². The lowest BCUT2D eigenvalue weighted by molar-refractivity contribution is -0.145. The molecule has 0 bridgehead atoms. The van der Waals surface area contributed by atoms with E-state index in [1.165, 1.54) is 5.56 Å². The van der Waals surface area contributed by atoms with Crippen LogP contribution in [0.5, 0.6) is 0 Å². The summed E-state index contributed by atoms with van der Waals surface area (Å²) in [7, 11) is 0. The molecule has 3 aromatic rings. The van der Waals surface area contributed by atoms with E-state index in [0.717, 1.165) is 28.8 Å². The molecule has 5 rings (SSSR count). The molecular weight excluding hydrogens is 530 g/mol. The van der Waals surface area contributed by atoms with Crippen LogP contribution in [0.15, 0.2) is 78.9 Å². The van der Waals surface area contributed by atoms with Crippen molar-refractivity contribution in [2.45, 2.75) is 44.7 Å². The van der Waals surface area contributed by atoms with Crippen LogP contribution in [0.4, 0.5) is 4.79 Å². The summed E-state index contributed by atoms with van der Waals surface area (Å²) in [5.74, 6) is -2.03.